The average Bonchev–Trinajstić information content (AvgIpc) is 2.08. The second-order valence-corrected chi connectivity index (χ2v) is 3.13. The first-order valence-corrected chi connectivity index (χ1v) is 4.18. The van der Waals surface area contributed by atoms with E-state index >= 15 is 0 Å². The van der Waals surface area contributed by atoms with Crippen LogP contribution in [0.4, 0.5) is 0 Å². The van der Waals surface area contributed by atoms with Crippen molar-refractivity contribution in [3.05, 3.63) is 34.9 Å². The predicted octanol–water partition coefficient (Wildman–Crippen LogP) is 1.68. The van der Waals surface area contributed by atoms with Gasteiger partial charge in [-0.3, -0.25) is 0 Å². The monoisotopic (exact) mass is 200 g/mol. The van der Waals surface area contributed by atoms with Crippen LogP contribution in [0, 0.1) is 13.8 Å². The number of aryl methyl sites for hydroxylation is 1. The van der Waals surface area contributed by atoms with Crippen LogP contribution >= 0.6 is 12.4 Å². The highest BCUT2D eigenvalue weighted by molar-refractivity contribution is 5.85. The zero-order valence-electron chi connectivity index (χ0n) is 8.08. The largest absolute Gasteiger partial charge is 0.329 e. The number of nitrogens with two attached hydrogens (primary N) is 2. The van der Waals surface area contributed by atoms with E-state index in [0.29, 0.717) is 6.54 Å². The molecule has 0 saturated carbocycles. The zero-order chi connectivity index (χ0) is 9.14. The fourth-order valence-electron chi connectivity index (χ4n) is 1.30. The van der Waals surface area contributed by atoms with Gasteiger partial charge in [0.05, 0.1) is 0 Å². The Morgan fingerprint density at radius 2 is 1.92 bits per heavy atom. The number of hydrogen-bond acceptors (Lipinski definition) is 2. The van der Waals surface area contributed by atoms with Gasteiger partial charge in [-0.05, 0) is 30.5 Å². The summed E-state index contributed by atoms with van der Waals surface area (Å²) in [6.07, 6.45) is 0. The fourth-order valence-corrected chi connectivity index (χ4v) is 1.30. The van der Waals surface area contributed by atoms with Gasteiger partial charge in [0.2, 0.25) is 0 Å². The molecule has 0 unspecified atom stereocenters. The Morgan fingerprint density at radius 1 is 1.31 bits per heavy atom. The summed E-state index contributed by atoms with van der Waals surface area (Å²) in [4.78, 5) is 0. The first-order valence-electron chi connectivity index (χ1n) is 4.18. The van der Waals surface area contributed by atoms with Crippen LogP contribution in [0.25, 0.3) is 0 Å². The molecule has 0 saturated heterocycles. The molecule has 0 amide bonds. The van der Waals surface area contributed by atoms with Crippen LogP contribution in [-0.4, -0.2) is 6.54 Å². The van der Waals surface area contributed by atoms with Crippen molar-refractivity contribution in [3.63, 3.8) is 0 Å². The van der Waals surface area contributed by atoms with E-state index < -0.39 is 0 Å². The third kappa shape index (κ3) is 2.69. The molecule has 2 nitrogen and oxygen atoms in total. The Balaban J connectivity index is 0.00000144. The van der Waals surface area contributed by atoms with Crippen LogP contribution in [-0.2, 0) is 0 Å². The molecule has 0 aliphatic carbocycles. The smallest absolute Gasteiger partial charge is 0.0422 e. The SMILES string of the molecule is Cc1cccc([C@@H](N)CN)c1C.Cl. The second-order valence-electron chi connectivity index (χ2n) is 3.13. The van der Waals surface area contributed by atoms with Crippen molar-refractivity contribution in [2.24, 2.45) is 11.5 Å². The Hall–Kier alpha value is -0.570. The van der Waals surface area contributed by atoms with Gasteiger partial charge in [-0.15, -0.1) is 12.4 Å². The molecule has 1 rings (SSSR count). The Morgan fingerprint density at radius 3 is 2.46 bits per heavy atom. The first-order chi connectivity index (χ1) is 5.66. The molecule has 0 radical (unpaired) electrons. The lowest BCUT2D eigenvalue weighted by atomic mass is 9.98. The van der Waals surface area contributed by atoms with Crippen molar-refractivity contribution in [1.82, 2.24) is 0 Å². The van der Waals surface area contributed by atoms with E-state index in [4.69, 9.17) is 11.5 Å². The molecule has 74 valence electrons. The van der Waals surface area contributed by atoms with Gasteiger partial charge in [-0.2, -0.15) is 0 Å². The minimum Gasteiger partial charge on any atom is -0.329 e. The van der Waals surface area contributed by atoms with Crippen molar-refractivity contribution in [2.45, 2.75) is 19.9 Å². The summed E-state index contributed by atoms with van der Waals surface area (Å²) in [5, 5.41) is 0. The van der Waals surface area contributed by atoms with Gasteiger partial charge < -0.3 is 11.5 Å². The van der Waals surface area contributed by atoms with E-state index in [1.807, 2.05) is 12.1 Å². The van der Waals surface area contributed by atoms with Gasteiger partial charge in [0.1, 0.15) is 0 Å². The number of rotatable bonds is 2. The Bertz CT molecular complexity index is 274. The fraction of sp³-hybridized carbons (Fsp3) is 0.400. The van der Waals surface area contributed by atoms with Crippen molar-refractivity contribution in [2.75, 3.05) is 6.54 Å². The van der Waals surface area contributed by atoms with Crippen molar-refractivity contribution in [3.8, 4) is 0 Å². The van der Waals surface area contributed by atoms with E-state index in [-0.39, 0.29) is 18.4 Å². The quantitative estimate of drug-likeness (QED) is 0.764. The third-order valence-corrected chi connectivity index (χ3v) is 2.30. The highest BCUT2D eigenvalue weighted by Gasteiger charge is 2.06. The van der Waals surface area contributed by atoms with Crippen LogP contribution in [0.15, 0.2) is 18.2 Å². The predicted molar refractivity (Wildman–Crippen MR) is 59.1 cm³/mol. The van der Waals surface area contributed by atoms with Crippen LogP contribution in [0.1, 0.15) is 22.7 Å². The molecule has 1 atom stereocenters. The van der Waals surface area contributed by atoms with Crippen molar-refractivity contribution < 1.29 is 0 Å². The van der Waals surface area contributed by atoms with Gasteiger partial charge in [0.15, 0.2) is 0 Å². The Kier molecular flexibility index (Phi) is 4.99. The lowest BCUT2D eigenvalue weighted by molar-refractivity contribution is 0.730. The van der Waals surface area contributed by atoms with E-state index in [2.05, 4.69) is 19.9 Å². The molecule has 0 heterocycles. The molecule has 0 spiro atoms. The summed E-state index contributed by atoms with van der Waals surface area (Å²) >= 11 is 0. The average molecular weight is 201 g/mol. The van der Waals surface area contributed by atoms with Gasteiger partial charge >= 0.3 is 0 Å². The molecule has 0 aliphatic heterocycles. The summed E-state index contributed by atoms with van der Waals surface area (Å²) in [5.41, 5.74) is 15.0. The molecule has 1 aromatic carbocycles. The summed E-state index contributed by atoms with van der Waals surface area (Å²) in [7, 11) is 0. The van der Waals surface area contributed by atoms with E-state index in [0.717, 1.165) is 5.56 Å². The minimum absolute atomic E-state index is 0. The molecule has 0 aromatic heterocycles. The summed E-state index contributed by atoms with van der Waals surface area (Å²) < 4.78 is 0. The topological polar surface area (TPSA) is 52.0 Å². The lowest BCUT2D eigenvalue weighted by Crippen LogP contribution is -2.21. The summed E-state index contributed by atoms with van der Waals surface area (Å²) in [6.45, 7) is 4.67. The van der Waals surface area contributed by atoms with Crippen molar-refractivity contribution in [1.29, 1.82) is 0 Å². The van der Waals surface area contributed by atoms with Gasteiger partial charge in [0, 0.05) is 12.6 Å². The van der Waals surface area contributed by atoms with Crippen LogP contribution in [0.3, 0.4) is 0 Å². The molecule has 4 N–H and O–H groups in total. The van der Waals surface area contributed by atoms with Gasteiger partial charge in [0.25, 0.3) is 0 Å². The third-order valence-electron chi connectivity index (χ3n) is 2.30. The number of hydrogen-bond donors (Lipinski definition) is 2. The standard InChI is InChI=1S/C10H16N2.ClH/c1-7-4-3-5-9(8(7)2)10(12)6-11;/h3-5,10H,6,11-12H2,1-2H3;1H/t10-;/m0./s1. The normalized spacial score (nSPS) is 12.0. The molecule has 13 heavy (non-hydrogen) atoms. The van der Waals surface area contributed by atoms with Gasteiger partial charge in [-0.25, -0.2) is 0 Å². The highest BCUT2D eigenvalue weighted by Crippen LogP contribution is 2.17. The number of benzene rings is 1. The molecular weight excluding hydrogens is 184 g/mol. The summed E-state index contributed by atoms with van der Waals surface area (Å²) in [6, 6.07) is 6.12. The van der Waals surface area contributed by atoms with Crippen LogP contribution < -0.4 is 11.5 Å². The molecule has 3 heteroatoms. The molecular formula is C10H17ClN2. The molecule has 0 fully saturated rings. The number of halogens is 1. The zero-order valence-corrected chi connectivity index (χ0v) is 8.90. The molecule has 1 aromatic rings. The molecule has 0 bridgehead atoms. The van der Waals surface area contributed by atoms with E-state index in [1.54, 1.807) is 0 Å². The maximum absolute atomic E-state index is 5.84. The first kappa shape index (κ1) is 12.4. The van der Waals surface area contributed by atoms with Crippen LogP contribution in [0.2, 0.25) is 0 Å². The second kappa shape index (κ2) is 5.22. The maximum atomic E-state index is 5.84. The van der Waals surface area contributed by atoms with Crippen LogP contribution in [0.5, 0.6) is 0 Å². The summed E-state index contributed by atoms with van der Waals surface area (Å²) in [5.74, 6) is 0. The van der Waals surface area contributed by atoms with Gasteiger partial charge in [-0.1, -0.05) is 18.2 Å². The highest BCUT2D eigenvalue weighted by atomic mass is 35.5. The maximum Gasteiger partial charge on any atom is 0.0422 e. The van der Waals surface area contributed by atoms with E-state index in [9.17, 15) is 0 Å². The lowest BCUT2D eigenvalue weighted by Gasteiger charge is -2.13. The molecule has 0 aliphatic rings. The van der Waals surface area contributed by atoms with Crippen molar-refractivity contribution >= 4 is 12.4 Å². The Labute approximate surface area is 85.7 Å². The van der Waals surface area contributed by atoms with E-state index in [1.165, 1.54) is 11.1 Å². The minimum atomic E-state index is -0.0232.